The summed E-state index contributed by atoms with van der Waals surface area (Å²) in [5.74, 6) is 0.785. The van der Waals surface area contributed by atoms with Gasteiger partial charge in [-0.15, -0.1) is 0 Å². The summed E-state index contributed by atoms with van der Waals surface area (Å²) in [5, 5.41) is 17.9. The quantitative estimate of drug-likeness (QED) is 0.734. The molecule has 0 radical (unpaired) electrons. The lowest BCUT2D eigenvalue weighted by atomic mass is 10.1. The van der Waals surface area contributed by atoms with Gasteiger partial charge in [-0.3, -0.25) is 0 Å². The summed E-state index contributed by atoms with van der Waals surface area (Å²) in [6.07, 6.45) is 5.34. The minimum Gasteiger partial charge on any atom is -0.385 e. The van der Waals surface area contributed by atoms with Crippen molar-refractivity contribution in [1.82, 2.24) is 0 Å². The Hall–Kier alpha value is -3.00. The van der Waals surface area contributed by atoms with E-state index in [0.717, 1.165) is 23.8 Å². The van der Waals surface area contributed by atoms with Gasteiger partial charge in [-0.1, -0.05) is 18.9 Å². The molecule has 0 aliphatic heterocycles. The van der Waals surface area contributed by atoms with Crippen LogP contribution in [0.25, 0.3) is 0 Å². The van der Waals surface area contributed by atoms with Crippen LogP contribution >= 0.6 is 0 Å². The number of anilines is 3. The van der Waals surface area contributed by atoms with Crippen LogP contribution in [0.3, 0.4) is 0 Å². The Morgan fingerprint density at radius 2 is 1.68 bits per heavy atom. The largest absolute Gasteiger partial charge is 0.385 e. The van der Waals surface area contributed by atoms with Crippen molar-refractivity contribution in [2.75, 3.05) is 22.5 Å². The zero-order valence-electron chi connectivity index (χ0n) is 14.1. The monoisotopic (exact) mass is 334 g/mol. The van der Waals surface area contributed by atoms with E-state index in [0.29, 0.717) is 11.3 Å². The average molecular weight is 334 g/mol. The maximum Gasteiger partial charge on any atom is 0.323 e. The molecule has 1 fully saturated rings. The Balaban J connectivity index is 1.50. The molecule has 1 aliphatic carbocycles. The predicted octanol–water partition coefficient (Wildman–Crippen LogP) is 4.80. The van der Waals surface area contributed by atoms with Crippen molar-refractivity contribution in [3.63, 3.8) is 0 Å². The molecule has 5 nitrogen and oxygen atoms in total. The van der Waals surface area contributed by atoms with Crippen LogP contribution in [0.2, 0.25) is 0 Å². The van der Waals surface area contributed by atoms with Gasteiger partial charge in [0.2, 0.25) is 0 Å². The van der Waals surface area contributed by atoms with Crippen molar-refractivity contribution in [2.45, 2.75) is 25.7 Å². The van der Waals surface area contributed by atoms with Crippen molar-refractivity contribution in [3.8, 4) is 6.07 Å². The normalized spacial score (nSPS) is 13.9. The number of hydrogen-bond acceptors (Lipinski definition) is 3. The van der Waals surface area contributed by atoms with Crippen LogP contribution in [-0.4, -0.2) is 12.6 Å². The molecule has 0 atom stereocenters. The Morgan fingerprint density at radius 1 is 1.00 bits per heavy atom. The highest BCUT2D eigenvalue weighted by Gasteiger charge is 2.14. The molecular formula is C20H22N4O. The molecule has 0 aromatic heterocycles. The topological polar surface area (TPSA) is 77.0 Å². The van der Waals surface area contributed by atoms with Crippen molar-refractivity contribution >= 4 is 23.1 Å². The van der Waals surface area contributed by atoms with Crippen LogP contribution in [0.5, 0.6) is 0 Å². The van der Waals surface area contributed by atoms with E-state index in [4.69, 9.17) is 5.26 Å². The Morgan fingerprint density at radius 3 is 2.40 bits per heavy atom. The zero-order chi connectivity index (χ0) is 17.5. The zero-order valence-corrected chi connectivity index (χ0v) is 14.1. The first-order valence-electron chi connectivity index (χ1n) is 8.65. The number of benzene rings is 2. The van der Waals surface area contributed by atoms with Gasteiger partial charge >= 0.3 is 6.03 Å². The summed E-state index contributed by atoms with van der Waals surface area (Å²) in [5.41, 5.74) is 2.89. The molecular weight excluding hydrogens is 312 g/mol. The van der Waals surface area contributed by atoms with Crippen molar-refractivity contribution in [3.05, 3.63) is 54.1 Å². The third kappa shape index (κ3) is 4.98. The van der Waals surface area contributed by atoms with Gasteiger partial charge in [0.05, 0.1) is 11.6 Å². The number of rotatable bonds is 5. The van der Waals surface area contributed by atoms with Gasteiger partial charge in [0, 0.05) is 23.6 Å². The van der Waals surface area contributed by atoms with Gasteiger partial charge in [-0.25, -0.2) is 4.79 Å². The lowest BCUT2D eigenvalue weighted by Gasteiger charge is -2.12. The molecule has 3 N–H and O–H groups in total. The van der Waals surface area contributed by atoms with Crippen LogP contribution in [-0.2, 0) is 0 Å². The van der Waals surface area contributed by atoms with Crippen molar-refractivity contribution in [1.29, 1.82) is 5.26 Å². The first kappa shape index (κ1) is 16.8. The van der Waals surface area contributed by atoms with Crippen LogP contribution < -0.4 is 16.0 Å². The van der Waals surface area contributed by atoms with Gasteiger partial charge in [0.15, 0.2) is 0 Å². The van der Waals surface area contributed by atoms with E-state index in [2.05, 4.69) is 16.0 Å². The second-order valence-electron chi connectivity index (χ2n) is 6.38. The lowest BCUT2D eigenvalue weighted by molar-refractivity contribution is 0.262. The van der Waals surface area contributed by atoms with Crippen LogP contribution in [0.4, 0.5) is 21.9 Å². The maximum atomic E-state index is 12.0. The molecule has 0 spiro atoms. The van der Waals surface area contributed by atoms with Crippen molar-refractivity contribution < 1.29 is 4.79 Å². The molecule has 1 saturated carbocycles. The Kier molecular flexibility index (Phi) is 5.53. The summed E-state index contributed by atoms with van der Waals surface area (Å²) in [6.45, 7) is 1.02. The lowest BCUT2D eigenvalue weighted by Crippen LogP contribution is -2.19. The van der Waals surface area contributed by atoms with Gasteiger partial charge in [-0.05, 0) is 61.2 Å². The first-order valence-corrected chi connectivity index (χ1v) is 8.65. The summed E-state index contributed by atoms with van der Waals surface area (Å²) in [7, 11) is 0. The summed E-state index contributed by atoms with van der Waals surface area (Å²) < 4.78 is 0. The highest BCUT2D eigenvalue weighted by molar-refractivity contribution is 5.99. The molecule has 25 heavy (non-hydrogen) atoms. The fourth-order valence-electron chi connectivity index (χ4n) is 3.11. The second-order valence-corrected chi connectivity index (χ2v) is 6.38. The number of nitriles is 1. The minimum atomic E-state index is -0.332. The Bertz CT molecular complexity index is 758. The number of urea groups is 1. The standard InChI is InChI=1S/C20H22N4O/c21-13-16-6-3-7-19(12-16)24-20(25)23-18-10-8-17(9-11-18)22-14-15-4-1-2-5-15/h3,6-12,15,22H,1-2,4-5,14H2,(H2,23,24,25). The summed E-state index contributed by atoms with van der Waals surface area (Å²) in [4.78, 5) is 12.0. The van der Waals surface area contributed by atoms with Gasteiger partial charge in [0.1, 0.15) is 0 Å². The van der Waals surface area contributed by atoms with E-state index < -0.39 is 0 Å². The molecule has 0 heterocycles. The molecule has 2 aromatic carbocycles. The molecule has 0 unspecified atom stereocenters. The predicted molar refractivity (Wildman–Crippen MR) is 101 cm³/mol. The Labute approximate surface area is 148 Å². The molecule has 3 rings (SSSR count). The second kappa shape index (κ2) is 8.20. The van der Waals surface area contributed by atoms with E-state index in [1.54, 1.807) is 24.3 Å². The fourth-order valence-corrected chi connectivity index (χ4v) is 3.11. The first-order chi connectivity index (χ1) is 12.2. The fraction of sp³-hybridized carbons (Fsp3) is 0.300. The maximum absolute atomic E-state index is 12.0. The molecule has 128 valence electrons. The molecule has 5 heteroatoms. The highest BCUT2D eigenvalue weighted by Crippen LogP contribution is 2.25. The number of amides is 2. The third-order valence-corrected chi connectivity index (χ3v) is 4.46. The number of nitrogens with one attached hydrogen (secondary N) is 3. The smallest absolute Gasteiger partial charge is 0.323 e. The van der Waals surface area contributed by atoms with Gasteiger partial charge in [-0.2, -0.15) is 5.26 Å². The number of hydrogen-bond donors (Lipinski definition) is 3. The summed E-state index contributed by atoms with van der Waals surface area (Å²) >= 11 is 0. The number of nitrogens with zero attached hydrogens (tertiary/aromatic N) is 1. The van der Waals surface area contributed by atoms with E-state index >= 15 is 0 Å². The van der Waals surface area contributed by atoms with E-state index in [1.165, 1.54) is 25.7 Å². The molecule has 0 saturated heterocycles. The minimum absolute atomic E-state index is 0.332. The van der Waals surface area contributed by atoms with E-state index in [-0.39, 0.29) is 6.03 Å². The molecule has 2 amide bonds. The molecule has 0 bridgehead atoms. The SMILES string of the molecule is N#Cc1cccc(NC(=O)Nc2ccc(NCC3CCCC3)cc2)c1. The third-order valence-electron chi connectivity index (χ3n) is 4.46. The van der Waals surface area contributed by atoms with Crippen LogP contribution in [0.15, 0.2) is 48.5 Å². The van der Waals surface area contributed by atoms with E-state index in [9.17, 15) is 4.79 Å². The van der Waals surface area contributed by atoms with Gasteiger partial charge < -0.3 is 16.0 Å². The average Bonchev–Trinajstić information content (AvgIpc) is 3.15. The van der Waals surface area contributed by atoms with Crippen molar-refractivity contribution in [2.24, 2.45) is 5.92 Å². The number of carbonyl (C=O) groups is 1. The number of carbonyl (C=O) groups excluding carboxylic acids is 1. The molecule has 1 aliphatic rings. The summed E-state index contributed by atoms with van der Waals surface area (Å²) in [6, 6.07) is 16.2. The van der Waals surface area contributed by atoms with Crippen LogP contribution in [0.1, 0.15) is 31.2 Å². The van der Waals surface area contributed by atoms with Crippen LogP contribution in [0, 0.1) is 17.2 Å². The van der Waals surface area contributed by atoms with E-state index in [1.807, 2.05) is 30.3 Å². The molecule has 2 aromatic rings. The highest BCUT2D eigenvalue weighted by atomic mass is 16.2. The van der Waals surface area contributed by atoms with Gasteiger partial charge in [0.25, 0.3) is 0 Å².